The van der Waals surface area contributed by atoms with Crippen LogP contribution in [-0.2, 0) is 32.6 Å². The molecule has 0 unspecified atom stereocenters. The molecule has 0 fully saturated rings. The largest absolute Gasteiger partial charge is 0.497 e. The molecular weight excluding hydrogens is 420 g/mol. The summed E-state index contributed by atoms with van der Waals surface area (Å²) in [5.41, 5.74) is 0.498. The van der Waals surface area contributed by atoms with Gasteiger partial charge in [0.25, 0.3) is 0 Å². The third-order valence-corrected chi connectivity index (χ3v) is 5.56. The van der Waals surface area contributed by atoms with Gasteiger partial charge in [0.15, 0.2) is 5.78 Å². The second-order valence-electron chi connectivity index (χ2n) is 8.85. The summed E-state index contributed by atoms with van der Waals surface area (Å²) in [7, 11) is 1.50. The number of methoxy groups -OCH3 is 1. The molecule has 2 aromatic carbocycles. The van der Waals surface area contributed by atoms with Crippen LogP contribution in [0, 0.1) is 11.6 Å². The van der Waals surface area contributed by atoms with Crippen LogP contribution in [0.25, 0.3) is 0 Å². The smallest absolute Gasteiger partial charge is 0.394 e. The molecule has 1 heterocycles. The zero-order chi connectivity index (χ0) is 23.8. The number of Topliss-reactive ketones (excluding diaryl/α,β-unsaturated/α-hetero) is 1. The predicted molar refractivity (Wildman–Crippen MR) is 113 cm³/mol. The van der Waals surface area contributed by atoms with Crippen LogP contribution in [0.2, 0.25) is 0 Å². The van der Waals surface area contributed by atoms with Gasteiger partial charge in [0.2, 0.25) is 0 Å². The third kappa shape index (κ3) is 4.49. The van der Waals surface area contributed by atoms with E-state index in [2.05, 4.69) is 0 Å². The minimum absolute atomic E-state index is 0.0212. The minimum atomic E-state index is -1.67. The molecule has 6 nitrogen and oxygen atoms in total. The molecule has 0 bridgehead atoms. The fraction of sp³-hybridized carbons (Fsp3) is 0.375. The first-order chi connectivity index (χ1) is 14.9. The summed E-state index contributed by atoms with van der Waals surface area (Å²) in [6.07, 6.45) is -0.0172. The van der Waals surface area contributed by atoms with E-state index in [1.165, 1.54) is 7.11 Å². The van der Waals surface area contributed by atoms with E-state index in [4.69, 9.17) is 4.74 Å². The second kappa shape index (κ2) is 8.68. The van der Waals surface area contributed by atoms with E-state index in [1.54, 1.807) is 39.0 Å². The molecule has 8 heteroatoms. The SMILES string of the molecule is COc1ccc2c(c1)CCN(C(=O)C(=O)O)[C@H]2C(=O)Cc1cc(F)c(C(C)(C)C)c(F)c1. The number of carboxylic acid groups (broad SMARTS) is 1. The number of hydrogen-bond acceptors (Lipinski definition) is 4. The highest BCUT2D eigenvalue weighted by Gasteiger charge is 2.38. The molecule has 0 saturated carbocycles. The lowest BCUT2D eigenvalue weighted by Crippen LogP contribution is -2.46. The van der Waals surface area contributed by atoms with Crippen LogP contribution in [0.5, 0.6) is 5.75 Å². The van der Waals surface area contributed by atoms with Crippen molar-refractivity contribution >= 4 is 17.7 Å². The average Bonchev–Trinajstić information content (AvgIpc) is 2.70. The standard InChI is InChI=1S/C24H25F2NO5/c1-24(2,3)20-17(25)9-13(10-18(20)26)11-19(28)21-16-6-5-15(32-4)12-14(16)7-8-27(21)22(29)23(30)31/h5-6,9-10,12,21H,7-8,11H2,1-4H3,(H,30,31)/t21-/m1/s1. The van der Waals surface area contributed by atoms with Crippen LogP contribution < -0.4 is 4.74 Å². The Morgan fingerprint density at radius 1 is 1.12 bits per heavy atom. The first-order valence-corrected chi connectivity index (χ1v) is 10.2. The molecular formula is C24H25F2NO5. The van der Waals surface area contributed by atoms with Gasteiger partial charge in [-0.15, -0.1) is 0 Å². The lowest BCUT2D eigenvalue weighted by Gasteiger charge is -2.35. The van der Waals surface area contributed by atoms with E-state index in [0.29, 0.717) is 17.7 Å². The Bertz CT molecular complexity index is 1070. The number of halogens is 2. The maximum atomic E-state index is 14.6. The third-order valence-electron chi connectivity index (χ3n) is 5.56. The lowest BCUT2D eigenvalue weighted by atomic mass is 9.84. The van der Waals surface area contributed by atoms with Crippen molar-refractivity contribution in [3.05, 3.63) is 64.2 Å². The number of carbonyl (C=O) groups is 3. The Balaban J connectivity index is 2.00. The zero-order valence-corrected chi connectivity index (χ0v) is 18.4. The molecule has 1 aliphatic heterocycles. The Hall–Kier alpha value is -3.29. The molecule has 1 N–H and O–H groups in total. The van der Waals surface area contributed by atoms with Gasteiger partial charge in [-0.25, -0.2) is 13.6 Å². The van der Waals surface area contributed by atoms with Gasteiger partial charge in [-0.2, -0.15) is 0 Å². The van der Waals surface area contributed by atoms with E-state index in [9.17, 15) is 28.3 Å². The summed E-state index contributed by atoms with van der Waals surface area (Å²) in [4.78, 5) is 37.9. The molecule has 1 amide bonds. The first kappa shape index (κ1) is 23.4. The quantitative estimate of drug-likeness (QED) is 0.728. The summed E-state index contributed by atoms with van der Waals surface area (Å²) in [6.45, 7) is 5.07. The fourth-order valence-electron chi connectivity index (χ4n) is 4.16. The van der Waals surface area contributed by atoms with Gasteiger partial charge < -0.3 is 14.7 Å². The molecule has 0 aliphatic carbocycles. The molecule has 32 heavy (non-hydrogen) atoms. The predicted octanol–water partition coefficient (Wildman–Crippen LogP) is 3.59. The van der Waals surface area contributed by atoms with Crippen molar-refractivity contribution in [3.8, 4) is 5.75 Å². The molecule has 1 aliphatic rings. The van der Waals surface area contributed by atoms with E-state index < -0.39 is 40.8 Å². The van der Waals surface area contributed by atoms with Crippen molar-refractivity contribution in [1.82, 2.24) is 4.90 Å². The van der Waals surface area contributed by atoms with Gasteiger partial charge in [0, 0.05) is 18.5 Å². The minimum Gasteiger partial charge on any atom is -0.497 e. The van der Waals surface area contributed by atoms with Gasteiger partial charge in [-0.3, -0.25) is 9.59 Å². The van der Waals surface area contributed by atoms with Gasteiger partial charge in [-0.1, -0.05) is 26.8 Å². The summed E-state index contributed by atoms with van der Waals surface area (Å²) >= 11 is 0. The van der Waals surface area contributed by atoms with Crippen molar-refractivity contribution in [3.63, 3.8) is 0 Å². The highest BCUT2D eigenvalue weighted by molar-refractivity contribution is 6.32. The Morgan fingerprint density at radius 3 is 2.28 bits per heavy atom. The summed E-state index contributed by atoms with van der Waals surface area (Å²) in [5.74, 6) is -4.36. The molecule has 1 atom stereocenters. The van der Waals surface area contributed by atoms with E-state index in [0.717, 1.165) is 22.6 Å². The van der Waals surface area contributed by atoms with Crippen molar-refractivity contribution in [2.75, 3.05) is 13.7 Å². The van der Waals surface area contributed by atoms with E-state index in [1.807, 2.05) is 0 Å². The highest BCUT2D eigenvalue weighted by Crippen LogP contribution is 2.35. The first-order valence-electron chi connectivity index (χ1n) is 10.2. The zero-order valence-electron chi connectivity index (χ0n) is 18.4. The number of ether oxygens (including phenoxy) is 1. The molecule has 0 aromatic heterocycles. The van der Waals surface area contributed by atoms with Gasteiger partial charge in [0.05, 0.1) is 7.11 Å². The number of benzene rings is 2. The monoisotopic (exact) mass is 445 g/mol. The number of aliphatic carboxylic acids is 1. The maximum absolute atomic E-state index is 14.6. The lowest BCUT2D eigenvalue weighted by molar-refractivity contribution is -0.158. The number of nitrogens with zero attached hydrogens (tertiary/aromatic N) is 1. The number of fused-ring (bicyclic) bond motifs is 1. The normalized spacial score (nSPS) is 15.8. The van der Waals surface area contributed by atoms with Crippen molar-refractivity contribution in [2.24, 2.45) is 0 Å². The van der Waals surface area contributed by atoms with Gasteiger partial charge >= 0.3 is 11.9 Å². The molecule has 2 aromatic rings. The topological polar surface area (TPSA) is 83.9 Å². The number of carbonyl (C=O) groups excluding carboxylic acids is 2. The highest BCUT2D eigenvalue weighted by atomic mass is 19.1. The molecule has 0 saturated heterocycles. The van der Waals surface area contributed by atoms with Crippen LogP contribution in [0.1, 0.15) is 49.1 Å². The fourth-order valence-corrected chi connectivity index (χ4v) is 4.16. The Kier molecular flexibility index (Phi) is 6.34. The number of ketones is 1. The van der Waals surface area contributed by atoms with Crippen LogP contribution in [0.3, 0.4) is 0 Å². The molecule has 170 valence electrons. The number of rotatable bonds is 4. The summed E-state index contributed by atoms with van der Waals surface area (Å²) in [6, 6.07) is 6.01. The number of hydrogen-bond donors (Lipinski definition) is 1. The van der Waals surface area contributed by atoms with Gasteiger partial charge in [0.1, 0.15) is 23.4 Å². The maximum Gasteiger partial charge on any atom is 0.394 e. The van der Waals surface area contributed by atoms with Crippen molar-refractivity contribution < 1.29 is 33.0 Å². The Labute approximate surface area is 184 Å². The summed E-state index contributed by atoms with van der Waals surface area (Å²) < 4.78 is 34.5. The van der Waals surface area contributed by atoms with Gasteiger partial charge in [-0.05, 0) is 52.8 Å². The Morgan fingerprint density at radius 2 is 1.75 bits per heavy atom. The number of carboxylic acids is 1. The van der Waals surface area contributed by atoms with Crippen molar-refractivity contribution in [2.45, 2.75) is 45.1 Å². The molecule has 0 spiro atoms. The molecule has 3 rings (SSSR count). The number of amides is 1. The van der Waals surface area contributed by atoms with Crippen molar-refractivity contribution in [1.29, 1.82) is 0 Å². The van der Waals surface area contributed by atoms with E-state index in [-0.39, 0.29) is 24.1 Å². The molecule has 0 radical (unpaired) electrons. The van der Waals surface area contributed by atoms with Crippen LogP contribution in [-0.4, -0.2) is 41.3 Å². The van der Waals surface area contributed by atoms with Crippen LogP contribution in [0.15, 0.2) is 30.3 Å². The summed E-state index contributed by atoms with van der Waals surface area (Å²) in [5, 5.41) is 9.21. The average molecular weight is 445 g/mol. The van der Waals surface area contributed by atoms with Crippen LogP contribution in [0.4, 0.5) is 8.78 Å². The van der Waals surface area contributed by atoms with E-state index >= 15 is 0 Å². The van der Waals surface area contributed by atoms with Crippen LogP contribution >= 0.6 is 0 Å². The second-order valence-corrected chi connectivity index (χ2v) is 8.85.